The van der Waals surface area contributed by atoms with Gasteiger partial charge in [0.1, 0.15) is 6.79 Å². The average Bonchev–Trinajstić information content (AvgIpc) is 3.16. The van der Waals surface area contributed by atoms with E-state index in [0.717, 1.165) is 26.7 Å². The highest BCUT2D eigenvalue weighted by molar-refractivity contribution is 5.10. The lowest BCUT2D eigenvalue weighted by Crippen LogP contribution is -2.20. The van der Waals surface area contributed by atoms with Crippen molar-refractivity contribution in [1.82, 2.24) is 5.32 Å². The Hall–Kier alpha value is -0.970. The molecule has 4 nitrogen and oxygen atoms in total. The van der Waals surface area contributed by atoms with E-state index in [9.17, 15) is 0 Å². The number of hydrogen-bond acceptors (Lipinski definition) is 4. The van der Waals surface area contributed by atoms with Gasteiger partial charge in [-0.1, -0.05) is 47.3 Å². The Kier molecular flexibility index (Phi) is 157. The molecule has 0 aromatic rings. The summed E-state index contributed by atoms with van der Waals surface area (Å²) in [7, 11) is 2.00. The van der Waals surface area contributed by atoms with E-state index in [0.29, 0.717) is 0 Å². The van der Waals surface area contributed by atoms with Crippen LogP contribution in [0.25, 0.3) is 0 Å². The van der Waals surface area contributed by atoms with Crippen molar-refractivity contribution in [3.05, 3.63) is 25.3 Å². The van der Waals surface area contributed by atoms with Gasteiger partial charge < -0.3 is 20.3 Å². The summed E-state index contributed by atoms with van der Waals surface area (Å²) in [5, 5.41) is 17.4. The van der Waals surface area contributed by atoms with Crippen LogP contribution in [0.5, 0.6) is 0 Å². The number of rotatable bonds is 3. The van der Waals surface area contributed by atoms with Gasteiger partial charge in [0.15, 0.2) is 0 Å². The molecule has 1 aliphatic rings. The Morgan fingerprint density at radius 3 is 1.61 bits per heavy atom. The first kappa shape index (κ1) is 43.1. The Morgan fingerprint density at radius 2 is 1.39 bits per heavy atom. The number of aliphatic hydroxyl groups excluding tert-OH is 2. The first-order chi connectivity index (χ1) is 10.8. The van der Waals surface area contributed by atoms with Gasteiger partial charge in [0.25, 0.3) is 0 Å². The lowest BCUT2D eigenvalue weighted by molar-refractivity contribution is -0.0979. The highest BCUT2D eigenvalue weighted by atomic mass is 16.2. The van der Waals surface area contributed by atoms with E-state index < -0.39 is 0 Å². The molecule has 0 aliphatic carbocycles. The van der Waals surface area contributed by atoms with E-state index in [4.69, 9.17) is 15.0 Å². The first-order valence-electron chi connectivity index (χ1n) is 7.94. The van der Waals surface area contributed by atoms with Crippen LogP contribution in [0.15, 0.2) is 25.3 Å². The summed E-state index contributed by atoms with van der Waals surface area (Å²) in [6.07, 6.45) is 8.93. The fraction of sp³-hybridized carbons (Fsp3) is 0.737. The molecule has 1 aliphatic heterocycles. The minimum Gasteiger partial charge on any atom is -0.400 e. The standard InChI is InChI=1S/C8H15N.C3H6.2C2H6.2CH4O.CH2O.CH4/c1-2-3-5-8-6-4-7-9-8;1-3-2;5*1-2;/h2,8-9H,1,3-7H2;3H,1H2,2H3;2*1-2H3;2*2H,1H3;1H2;1H4. The SMILES string of the molecule is C.C=CC.C=CCCC1CCCN1.C=O.CC.CC.CO.CO. The van der Waals surface area contributed by atoms with Crippen molar-refractivity contribution in [1.29, 1.82) is 0 Å². The van der Waals surface area contributed by atoms with Gasteiger partial charge in [0.05, 0.1) is 0 Å². The van der Waals surface area contributed by atoms with Crippen LogP contribution in [0, 0.1) is 0 Å². The second-order valence-corrected chi connectivity index (χ2v) is 3.07. The lowest BCUT2D eigenvalue weighted by atomic mass is 10.1. The molecule has 1 heterocycles. The van der Waals surface area contributed by atoms with E-state index in [2.05, 4.69) is 18.5 Å². The van der Waals surface area contributed by atoms with Gasteiger partial charge in [-0.05, 0) is 39.2 Å². The molecule has 0 saturated carbocycles. The van der Waals surface area contributed by atoms with E-state index in [1.54, 1.807) is 6.08 Å². The Bertz CT molecular complexity index is 137. The zero-order chi connectivity index (χ0) is 19.2. The van der Waals surface area contributed by atoms with E-state index >= 15 is 0 Å². The van der Waals surface area contributed by atoms with E-state index in [1.165, 1.54) is 25.8 Å². The van der Waals surface area contributed by atoms with Crippen molar-refractivity contribution >= 4 is 6.79 Å². The van der Waals surface area contributed by atoms with Gasteiger partial charge >= 0.3 is 0 Å². The summed E-state index contributed by atoms with van der Waals surface area (Å²) in [6.45, 7) is 20.2. The number of nitrogens with one attached hydrogen (secondary N) is 1. The molecule has 1 fully saturated rings. The lowest BCUT2D eigenvalue weighted by Gasteiger charge is -2.05. The summed E-state index contributed by atoms with van der Waals surface area (Å²) < 4.78 is 0. The average molecular weight is 338 g/mol. The predicted octanol–water partition coefficient (Wildman–Crippen LogP) is 4.62. The zero-order valence-electron chi connectivity index (χ0n) is 16.2. The van der Waals surface area contributed by atoms with Crippen LogP contribution in [0.3, 0.4) is 0 Å². The van der Waals surface area contributed by atoms with Crippen LogP contribution in [-0.4, -0.2) is 43.8 Å². The predicted molar refractivity (Wildman–Crippen MR) is 109 cm³/mol. The van der Waals surface area contributed by atoms with Gasteiger partial charge in [-0.15, -0.1) is 13.2 Å². The Balaban J connectivity index is -0.0000000314. The number of carbonyl (C=O) groups is 1. The van der Waals surface area contributed by atoms with Crippen LogP contribution < -0.4 is 5.32 Å². The minimum absolute atomic E-state index is 0. The summed E-state index contributed by atoms with van der Waals surface area (Å²) in [6, 6.07) is 0.794. The molecule has 23 heavy (non-hydrogen) atoms. The fourth-order valence-corrected chi connectivity index (χ4v) is 1.32. The summed E-state index contributed by atoms with van der Waals surface area (Å²) in [5.41, 5.74) is 0. The molecule has 146 valence electrons. The van der Waals surface area contributed by atoms with Crippen molar-refractivity contribution in [3.8, 4) is 0 Å². The molecule has 3 N–H and O–H groups in total. The minimum atomic E-state index is 0. The third-order valence-corrected chi connectivity index (χ3v) is 1.88. The second-order valence-electron chi connectivity index (χ2n) is 3.07. The second kappa shape index (κ2) is 83.9. The summed E-state index contributed by atoms with van der Waals surface area (Å²) in [4.78, 5) is 8.00. The van der Waals surface area contributed by atoms with Crippen molar-refractivity contribution < 1.29 is 15.0 Å². The summed E-state index contributed by atoms with van der Waals surface area (Å²) >= 11 is 0. The number of aliphatic hydroxyl groups is 2. The molecule has 1 atom stereocenters. The van der Waals surface area contributed by atoms with Gasteiger partial charge in [-0.25, -0.2) is 0 Å². The van der Waals surface area contributed by atoms with Crippen molar-refractivity contribution in [3.63, 3.8) is 0 Å². The maximum Gasteiger partial charge on any atom is 0.106 e. The normalized spacial score (nSPS) is 12.1. The fourth-order valence-electron chi connectivity index (χ4n) is 1.32. The monoisotopic (exact) mass is 337 g/mol. The molecule has 1 saturated heterocycles. The first-order valence-corrected chi connectivity index (χ1v) is 7.94. The molecule has 1 rings (SSSR count). The van der Waals surface area contributed by atoms with Gasteiger partial charge in [-0.2, -0.15) is 0 Å². The molecular weight excluding hydrogens is 290 g/mol. The van der Waals surface area contributed by atoms with Crippen molar-refractivity contribution in [2.75, 3.05) is 20.8 Å². The highest BCUT2D eigenvalue weighted by Gasteiger charge is 2.11. The molecule has 1 unspecified atom stereocenters. The Morgan fingerprint density at radius 1 is 1.04 bits per heavy atom. The molecule has 0 aromatic heterocycles. The smallest absolute Gasteiger partial charge is 0.106 e. The van der Waals surface area contributed by atoms with Crippen LogP contribution >= 0.6 is 0 Å². The van der Waals surface area contributed by atoms with E-state index in [1.807, 2.05) is 47.5 Å². The highest BCUT2D eigenvalue weighted by Crippen LogP contribution is 2.10. The molecule has 0 amide bonds. The maximum atomic E-state index is 8.00. The number of carbonyl (C=O) groups excluding carboxylic acids is 1. The largest absolute Gasteiger partial charge is 0.400 e. The van der Waals surface area contributed by atoms with Gasteiger partial charge in [0.2, 0.25) is 0 Å². The van der Waals surface area contributed by atoms with E-state index in [-0.39, 0.29) is 7.43 Å². The van der Waals surface area contributed by atoms with Crippen LogP contribution in [0.4, 0.5) is 0 Å². The maximum absolute atomic E-state index is 8.00. The van der Waals surface area contributed by atoms with Crippen LogP contribution in [0.2, 0.25) is 0 Å². The number of allylic oxidation sites excluding steroid dienone is 2. The van der Waals surface area contributed by atoms with Crippen LogP contribution in [0.1, 0.15) is 67.7 Å². The molecule has 0 bridgehead atoms. The summed E-state index contributed by atoms with van der Waals surface area (Å²) in [5.74, 6) is 0. The molecular formula is C19H47NO3. The quantitative estimate of drug-likeness (QED) is 0.657. The Labute approximate surface area is 147 Å². The zero-order valence-corrected chi connectivity index (χ0v) is 16.2. The van der Waals surface area contributed by atoms with Gasteiger partial charge in [-0.3, -0.25) is 0 Å². The third kappa shape index (κ3) is 75.7. The third-order valence-electron chi connectivity index (χ3n) is 1.88. The number of hydrogen-bond donors (Lipinski definition) is 3. The van der Waals surface area contributed by atoms with Crippen molar-refractivity contribution in [2.24, 2.45) is 0 Å². The van der Waals surface area contributed by atoms with Gasteiger partial charge in [0, 0.05) is 20.3 Å². The van der Waals surface area contributed by atoms with Crippen molar-refractivity contribution in [2.45, 2.75) is 73.8 Å². The molecule has 0 radical (unpaired) electrons. The molecule has 0 aromatic carbocycles. The molecule has 0 spiro atoms. The molecule has 4 heteroatoms. The van der Waals surface area contributed by atoms with Crippen LogP contribution in [-0.2, 0) is 4.79 Å². The topological polar surface area (TPSA) is 69.6 Å².